The van der Waals surface area contributed by atoms with Gasteiger partial charge in [-0.05, 0) is 31.9 Å². The summed E-state index contributed by atoms with van der Waals surface area (Å²) in [6, 6.07) is 2.92. The highest BCUT2D eigenvalue weighted by Crippen LogP contribution is 2.21. The lowest BCUT2D eigenvalue weighted by molar-refractivity contribution is -0.387. The molecule has 0 fully saturated rings. The second-order valence-electron chi connectivity index (χ2n) is 5.84. The van der Waals surface area contributed by atoms with Gasteiger partial charge in [0.15, 0.2) is 6.10 Å². The Hall–Kier alpha value is -3.04. The molecule has 10 heteroatoms. The number of rotatable bonds is 10. The summed E-state index contributed by atoms with van der Waals surface area (Å²) in [7, 11) is 0. The zero-order valence-electron chi connectivity index (χ0n) is 15.1. The Bertz CT molecular complexity index is 710. The number of nitrogens with zero attached hydrogens (tertiary/aromatic N) is 1. The Morgan fingerprint density at radius 2 is 1.96 bits per heavy atom. The minimum absolute atomic E-state index is 0.0222. The first-order valence-corrected chi connectivity index (χ1v) is 8.39. The first-order valence-electron chi connectivity index (χ1n) is 8.39. The van der Waals surface area contributed by atoms with E-state index in [-0.39, 0.29) is 18.0 Å². The lowest BCUT2D eigenvalue weighted by Gasteiger charge is -2.13. The monoisotopic (exact) mass is 383 g/mol. The van der Waals surface area contributed by atoms with E-state index < -0.39 is 34.4 Å². The van der Waals surface area contributed by atoms with Gasteiger partial charge in [-0.2, -0.15) is 4.39 Å². The zero-order chi connectivity index (χ0) is 20.4. The van der Waals surface area contributed by atoms with Crippen LogP contribution in [0.15, 0.2) is 18.2 Å². The van der Waals surface area contributed by atoms with Crippen LogP contribution >= 0.6 is 0 Å². The van der Waals surface area contributed by atoms with Gasteiger partial charge < -0.3 is 15.4 Å². The van der Waals surface area contributed by atoms with Crippen molar-refractivity contribution < 1.29 is 28.4 Å². The van der Waals surface area contributed by atoms with E-state index in [1.165, 1.54) is 19.9 Å². The fourth-order valence-corrected chi connectivity index (χ4v) is 2.12. The normalized spacial score (nSPS) is 11.4. The van der Waals surface area contributed by atoms with Crippen LogP contribution in [0.5, 0.6) is 0 Å². The molecule has 0 saturated heterocycles. The number of hydrogen-bond acceptors (Lipinski definition) is 6. The molecule has 1 atom stereocenters. The van der Waals surface area contributed by atoms with E-state index in [2.05, 4.69) is 10.6 Å². The molecule has 148 valence electrons. The summed E-state index contributed by atoms with van der Waals surface area (Å²) >= 11 is 0. The number of amides is 2. The second kappa shape index (κ2) is 10.8. The average Bonchev–Trinajstić information content (AvgIpc) is 2.59. The molecule has 0 saturated carbocycles. The number of halogens is 1. The molecule has 1 rings (SSSR count). The van der Waals surface area contributed by atoms with Crippen molar-refractivity contribution in [1.29, 1.82) is 0 Å². The SMILES string of the molecule is CC(=O)NCCCCCC(=O)OC(C)C(=O)Nc1ccc(F)c([N+](=O)[O-])c1. The van der Waals surface area contributed by atoms with Crippen molar-refractivity contribution in [2.45, 2.75) is 45.6 Å². The number of unbranched alkanes of at least 4 members (excludes halogenated alkanes) is 2. The number of nitro benzene ring substituents is 1. The molecule has 0 spiro atoms. The van der Waals surface area contributed by atoms with Crippen LogP contribution in [0.25, 0.3) is 0 Å². The van der Waals surface area contributed by atoms with Gasteiger partial charge in [0.05, 0.1) is 4.92 Å². The summed E-state index contributed by atoms with van der Waals surface area (Å²) in [6.45, 7) is 3.32. The van der Waals surface area contributed by atoms with Crippen molar-refractivity contribution in [3.8, 4) is 0 Å². The fourth-order valence-electron chi connectivity index (χ4n) is 2.12. The van der Waals surface area contributed by atoms with Crippen LogP contribution in [0.3, 0.4) is 0 Å². The largest absolute Gasteiger partial charge is 0.453 e. The third kappa shape index (κ3) is 8.25. The number of carbonyl (C=O) groups excluding carboxylic acids is 3. The molecule has 9 nitrogen and oxygen atoms in total. The Morgan fingerprint density at radius 3 is 2.59 bits per heavy atom. The summed E-state index contributed by atoms with van der Waals surface area (Å²) in [5.41, 5.74) is -0.745. The Kier molecular flexibility index (Phi) is 8.83. The molecule has 0 aromatic heterocycles. The lowest BCUT2D eigenvalue weighted by atomic mass is 10.2. The van der Waals surface area contributed by atoms with Crippen molar-refractivity contribution in [1.82, 2.24) is 5.32 Å². The molecule has 0 aliphatic carbocycles. The molecule has 0 aliphatic rings. The van der Waals surface area contributed by atoms with Gasteiger partial charge in [-0.1, -0.05) is 6.42 Å². The number of ether oxygens (including phenoxy) is 1. The molecule has 27 heavy (non-hydrogen) atoms. The van der Waals surface area contributed by atoms with Crippen molar-refractivity contribution >= 4 is 29.2 Å². The molecule has 0 heterocycles. The number of nitro groups is 1. The van der Waals surface area contributed by atoms with Crippen LogP contribution < -0.4 is 10.6 Å². The number of hydrogen-bond donors (Lipinski definition) is 2. The van der Waals surface area contributed by atoms with E-state index >= 15 is 0 Å². The van der Waals surface area contributed by atoms with E-state index in [0.29, 0.717) is 13.0 Å². The van der Waals surface area contributed by atoms with Crippen LogP contribution in [0.4, 0.5) is 15.8 Å². The Morgan fingerprint density at radius 1 is 1.26 bits per heavy atom. The van der Waals surface area contributed by atoms with Gasteiger partial charge in [-0.25, -0.2) is 0 Å². The minimum Gasteiger partial charge on any atom is -0.453 e. The summed E-state index contributed by atoms with van der Waals surface area (Å²) in [4.78, 5) is 44.2. The van der Waals surface area contributed by atoms with Gasteiger partial charge in [-0.3, -0.25) is 24.5 Å². The van der Waals surface area contributed by atoms with Crippen molar-refractivity contribution in [3.63, 3.8) is 0 Å². The van der Waals surface area contributed by atoms with Crippen LogP contribution in [0.1, 0.15) is 39.5 Å². The first kappa shape index (κ1) is 22.0. The summed E-state index contributed by atoms with van der Waals surface area (Å²) in [5, 5.41) is 15.7. The molecule has 1 aromatic rings. The molecule has 0 radical (unpaired) electrons. The molecule has 2 amide bonds. The highest BCUT2D eigenvalue weighted by atomic mass is 19.1. The lowest BCUT2D eigenvalue weighted by Crippen LogP contribution is -2.30. The van der Waals surface area contributed by atoms with E-state index in [1.54, 1.807) is 0 Å². The topological polar surface area (TPSA) is 128 Å². The number of carbonyl (C=O) groups is 3. The number of nitrogens with one attached hydrogen (secondary N) is 2. The molecule has 1 aromatic carbocycles. The van der Waals surface area contributed by atoms with Gasteiger partial charge in [0.25, 0.3) is 5.91 Å². The predicted octanol–water partition coefficient (Wildman–Crippen LogP) is 2.30. The van der Waals surface area contributed by atoms with Crippen LogP contribution in [-0.2, 0) is 19.1 Å². The fraction of sp³-hybridized carbons (Fsp3) is 0.471. The molecule has 0 bridgehead atoms. The maximum absolute atomic E-state index is 13.3. The Balaban J connectivity index is 2.39. The molecular formula is C17H22FN3O6. The van der Waals surface area contributed by atoms with Crippen LogP contribution in [-0.4, -0.2) is 35.4 Å². The zero-order valence-corrected chi connectivity index (χ0v) is 15.1. The third-order valence-corrected chi connectivity index (χ3v) is 3.52. The molecule has 1 unspecified atom stereocenters. The number of anilines is 1. The van der Waals surface area contributed by atoms with Crippen LogP contribution in [0.2, 0.25) is 0 Å². The minimum atomic E-state index is -1.11. The van der Waals surface area contributed by atoms with Gasteiger partial charge in [-0.15, -0.1) is 0 Å². The van der Waals surface area contributed by atoms with Gasteiger partial charge in [0.2, 0.25) is 11.7 Å². The van der Waals surface area contributed by atoms with Crippen molar-refractivity contribution in [2.75, 3.05) is 11.9 Å². The van der Waals surface area contributed by atoms with Gasteiger partial charge >= 0.3 is 11.7 Å². The van der Waals surface area contributed by atoms with E-state index in [9.17, 15) is 28.9 Å². The number of benzene rings is 1. The maximum atomic E-state index is 13.3. The predicted molar refractivity (Wildman–Crippen MR) is 94.4 cm³/mol. The van der Waals surface area contributed by atoms with Crippen molar-refractivity contribution in [3.05, 3.63) is 34.1 Å². The summed E-state index contributed by atoms with van der Waals surface area (Å²) in [6.07, 6.45) is 1.01. The maximum Gasteiger partial charge on any atom is 0.306 e. The average molecular weight is 383 g/mol. The molecular weight excluding hydrogens is 361 g/mol. The number of esters is 1. The smallest absolute Gasteiger partial charge is 0.306 e. The summed E-state index contributed by atoms with van der Waals surface area (Å²) in [5.74, 6) is -2.37. The van der Waals surface area contributed by atoms with Crippen LogP contribution in [0, 0.1) is 15.9 Å². The van der Waals surface area contributed by atoms with Gasteiger partial charge in [0, 0.05) is 31.6 Å². The highest BCUT2D eigenvalue weighted by Gasteiger charge is 2.20. The third-order valence-electron chi connectivity index (χ3n) is 3.52. The quantitative estimate of drug-likeness (QED) is 0.276. The highest BCUT2D eigenvalue weighted by molar-refractivity contribution is 5.95. The van der Waals surface area contributed by atoms with Gasteiger partial charge in [0.1, 0.15) is 0 Å². The summed E-state index contributed by atoms with van der Waals surface area (Å²) < 4.78 is 18.3. The second-order valence-corrected chi connectivity index (χ2v) is 5.84. The first-order chi connectivity index (χ1) is 12.7. The van der Waals surface area contributed by atoms with Crippen molar-refractivity contribution in [2.24, 2.45) is 0 Å². The standard InChI is InChI=1S/C17H22FN3O6/c1-11(27-16(23)6-4-3-5-9-19-12(2)22)17(24)20-13-7-8-14(18)15(10-13)21(25)26/h7-8,10-11H,3-6,9H2,1-2H3,(H,19,22)(H,20,24). The molecule has 2 N–H and O–H groups in total. The Labute approximate surface area is 155 Å². The van der Waals surface area contributed by atoms with E-state index in [0.717, 1.165) is 25.0 Å². The molecule has 0 aliphatic heterocycles. The van der Waals surface area contributed by atoms with E-state index in [4.69, 9.17) is 4.74 Å². The van der Waals surface area contributed by atoms with E-state index in [1.807, 2.05) is 0 Å².